The third-order valence-corrected chi connectivity index (χ3v) is 9.84. The minimum absolute atomic E-state index is 0.0312. The SMILES string of the molecule is CN(C)CC(=O)OC1CCC2(CC1)C[C@@H]2CCC(=O)c1c(-c2ccnn2-c2ccc(C#N)cc2)n(C)n(-c2cccc(C(F)(F)F)c2)c1=O. The number of hydrogen-bond donors (Lipinski definition) is 0. The Bertz CT molecular complexity index is 1970. The second-order valence-corrected chi connectivity index (χ2v) is 13.4. The molecule has 0 bridgehead atoms. The normalized spacial score (nSPS) is 20.4. The van der Waals surface area contributed by atoms with Crippen LogP contribution in [0.25, 0.3) is 22.8 Å². The van der Waals surface area contributed by atoms with E-state index in [4.69, 9.17) is 4.74 Å². The van der Waals surface area contributed by atoms with Gasteiger partial charge in [-0.25, -0.2) is 9.36 Å². The lowest BCUT2D eigenvalue weighted by Crippen LogP contribution is -2.30. The molecule has 0 N–H and O–H groups in total. The van der Waals surface area contributed by atoms with Crippen molar-refractivity contribution in [3.05, 3.63) is 87.8 Å². The summed E-state index contributed by atoms with van der Waals surface area (Å²) in [7, 11) is 5.16. The first kappa shape index (κ1) is 33.9. The number of likely N-dealkylation sites (N-methyl/N-ethyl adjacent to an activating group) is 1. The molecule has 0 radical (unpaired) electrons. The van der Waals surface area contributed by atoms with Gasteiger partial charge in [-0.15, -0.1) is 0 Å². The number of nitrogens with zero attached hydrogens (tertiary/aromatic N) is 6. The Morgan fingerprint density at radius 3 is 2.45 bits per heavy atom. The Morgan fingerprint density at radius 1 is 1.08 bits per heavy atom. The summed E-state index contributed by atoms with van der Waals surface area (Å²) in [5, 5.41) is 13.7. The number of halogens is 3. The molecule has 2 saturated carbocycles. The number of rotatable bonds is 10. The fourth-order valence-electron chi connectivity index (χ4n) is 7.27. The quantitative estimate of drug-likeness (QED) is 0.151. The van der Waals surface area contributed by atoms with Gasteiger partial charge in [0.2, 0.25) is 0 Å². The predicted molar refractivity (Wildman–Crippen MR) is 174 cm³/mol. The molecule has 4 aromatic rings. The average molecular weight is 675 g/mol. The highest BCUT2D eigenvalue weighted by Crippen LogP contribution is 2.63. The van der Waals surface area contributed by atoms with Crippen molar-refractivity contribution in [3.63, 3.8) is 0 Å². The molecule has 1 atom stereocenters. The van der Waals surface area contributed by atoms with Crippen molar-refractivity contribution in [1.82, 2.24) is 24.0 Å². The maximum atomic E-state index is 14.1. The van der Waals surface area contributed by atoms with Crippen molar-refractivity contribution in [2.75, 3.05) is 20.6 Å². The molecule has 2 fully saturated rings. The van der Waals surface area contributed by atoms with E-state index in [1.54, 1.807) is 35.2 Å². The third kappa shape index (κ3) is 6.83. The Kier molecular flexibility index (Phi) is 9.11. The van der Waals surface area contributed by atoms with Crippen molar-refractivity contribution in [2.24, 2.45) is 18.4 Å². The van der Waals surface area contributed by atoms with Gasteiger partial charge in [0.05, 0.1) is 52.7 Å². The number of benzene rings is 2. The molecule has 2 aliphatic carbocycles. The van der Waals surface area contributed by atoms with Gasteiger partial charge >= 0.3 is 12.1 Å². The third-order valence-electron chi connectivity index (χ3n) is 9.84. The number of hydrogen-bond acceptors (Lipinski definition) is 7. The van der Waals surface area contributed by atoms with E-state index in [-0.39, 0.29) is 53.3 Å². The van der Waals surface area contributed by atoms with Gasteiger partial charge in [-0.1, -0.05) is 6.07 Å². The number of aromatic nitrogens is 4. The number of carbonyl (C=O) groups excluding carboxylic acids is 2. The summed E-state index contributed by atoms with van der Waals surface area (Å²) in [6.45, 7) is 0.234. The van der Waals surface area contributed by atoms with Crippen molar-refractivity contribution >= 4 is 11.8 Å². The first-order valence-corrected chi connectivity index (χ1v) is 16.2. The summed E-state index contributed by atoms with van der Waals surface area (Å²) in [5.41, 5.74) is -0.0820. The molecule has 6 rings (SSSR count). The molecule has 0 amide bonds. The van der Waals surface area contributed by atoms with Crippen LogP contribution in [0.4, 0.5) is 13.2 Å². The summed E-state index contributed by atoms with van der Waals surface area (Å²) in [6.07, 6.45) is 1.72. The van der Waals surface area contributed by atoms with Crippen LogP contribution in [0, 0.1) is 22.7 Å². The zero-order valence-corrected chi connectivity index (χ0v) is 27.5. The van der Waals surface area contributed by atoms with Crippen LogP contribution in [0.2, 0.25) is 0 Å². The molecule has 49 heavy (non-hydrogen) atoms. The molecule has 1 spiro atoms. The fraction of sp³-hybridized carbons (Fsp3) is 0.417. The van der Waals surface area contributed by atoms with Crippen molar-refractivity contribution < 1.29 is 27.5 Å². The van der Waals surface area contributed by atoms with Gasteiger partial charge in [-0.05, 0) is 112 Å². The number of carbonyl (C=O) groups is 2. The molecule has 10 nitrogen and oxygen atoms in total. The smallest absolute Gasteiger partial charge is 0.416 e. The summed E-state index contributed by atoms with van der Waals surface area (Å²) in [4.78, 5) is 42.1. The largest absolute Gasteiger partial charge is 0.461 e. The Labute approximate surface area is 281 Å². The van der Waals surface area contributed by atoms with Crippen LogP contribution in [-0.4, -0.2) is 62.5 Å². The summed E-state index contributed by atoms with van der Waals surface area (Å²) < 4.78 is 50.7. The molecule has 0 saturated heterocycles. The molecule has 0 aliphatic heterocycles. The molecule has 0 unspecified atom stereocenters. The number of alkyl halides is 3. The van der Waals surface area contributed by atoms with Gasteiger partial charge in [0.15, 0.2) is 5.78 Å². The van der Waals surface area contributed by atoms with Gasteiger partial charge in [0.25, 0.3) is 5.56 Å². The summed E-state index contributed by atoms with van der Waals surface area (Å²) >= 11 is 0. The predicted octanol–water partition coefficient (Wildman–Crippen LogP) is 5.94. The van der Waals surface area contributed by atoms with E-state index in [2.05, 4.69) is 11.2 Å². The summed E-state index contributed by atoms with van der Waals surface area (Å²) in [6, 6.07) is 14.7. The van der Waals surface area contributed by atoms with Crippen LogP contribution in [0.5, 0.6) is 0 Å². The van der Waals surface area contributed by atoms with E-state index in [0.29, 0.717) is 23.4 Å². The Balaban J connectivity index is 1.28. The minimum atomic E-state index is -4.63. The highest BCUT2D eigenvalue weighted by molar-refractivity contribution is 6.01. The van der Waals surface area contributed by atoms with Crippen molar-refractivity contribution in [2.45, 2.75) is 57.2 Å². The van der Waals surface area contributed by atoms with Crippen molar-refractivity contribution in [1.29, 1.82) is 5.26 Å². The highest BCUT2D eigenvalue weighted by Gasteiger charge is 2.54. The number of Topliss-reactive ketones (excluding diaryl/α,β-unsaturated/α-hetero) is 1. The molecule has 2 heterocycles. The Morgan fingerprint density at radius 2 is 1.80 bits per heavy atom. The van der Waals surface area contributed by atoms with E-state index in [0.717, 1.165) is 48.9 Å². The molecule has 2 aromatic carbocycles. The van der Waals surface area contributed by atoms with E-state index in [1.165, 1.54) is 34.7 Å². The van der Waals surface area contributed by atoms with Crippen LogP contribution >= 0.6 is 0 Å². The van der Waals surface area contributed by atoms with Crippen LogP contribution in [-0.2, 0) is 22.8 Å². The van der Waals surface area contributed by atoms with E-state index >= 15 is 0 Å². The number of ether oxygens (including phenoxy) is 1. The van der Waals surface area contributed by atoms with Crippen LogP contribution in [0.1, 0.15) is 66.4 Å². The molecular formula is C36H37F3N6O4. The number of nitriles is 1. The first-order chi connectivity index (χ1) is 23.3. The lowest BCUT2D eigenvalue weighted by Gasteiger charge is -2.29. The topological polar surface area (TPSA) is 115 Å². The van der Waals surface area contributed by atoms with E-state index in [9.17, 15) is 32.8 Å². The van der Waals surface area contributed by atoms with Gasteiger partial charge < -0.3 is 4.74 Å². The lowest BCUT2D eigenvalue weighted by molar-refractivity contribution is -0.151. The van der Waals surface area contributed by atoms with Crippen LogP contribution in [0.15, 0.2) is 65.6 Å². The minimum Gasteiger partial charge on any atom is -0.461 e. The maximum absolute atomic E-state index is 14.1. The molecular weight excluding hydrogens is 637 g/mol. The summed E-state index contributed by atoms with van der Waals surface area (Å²) in [5.74, 6) is -0.349. The molecule has 256 valence electrons. The number of ketones is 1. The second kappa shape index (κ2) is 13.2. The van der Waals surface area contributed by atoms with Gasteiger partial charge in [-0.3, -0.25) is 24.0 Å². The number of esters is 1. The molecule has 2 aliphatic rings. The first-order valence-electron chi connectivity index (χ1n) is 16.2. The molecule has 13 heteroatoms. The maximum Gasteiger partial charge on any atom is 0.416 e. The van der Waals surface area contributed by atoms with Gasteiger partial charge in [0.1, 0.15) is 11.7 Å². The zero-order valence-electron chi connectivity index (χ0n) is 27.5. The van der Waals surface area contributed by atoms with Gasteiger partial charge in [-0.2, -0.15) is 23.5 Å². The second-order valence-electron chi connectivity index (χ2n) is 13.4. The Hall–Kier alpha value is -4.96. The van der Waals surface area contributed by atoms with Crippen LogP contribution in [0.3, 0.4) is 0 Å². The molecule has 2 aromatic heterocycles. The van der Waals surface area contributed by atoms with Gasteiger partial charge in [0, 0.05) is 13.5 Å². The van der Waals surface area contributed by atoms with Crippen molar-refractivity contribution in [3.8, 4) is 28.8 Å². The van der Waals surface area contributed by atoms with E-state index < -0.39 is 23.1 Å². The fourth-order valence-corrected chi connectivity index (χ4v) is 7.27. The van der Waals surface area contributed by atoms with E-state index in [1.807, 2.05) is 14.1 Å². The lowest BCUT2D eigenvalue weighted by atomic mass is 9.82. The average Bonchev–Trinajstić information content (AvgIpc) is 3.36. The zero-order chi connectivity index (χ0) is 35.1. The van der Waals surface area contributed by atoms with Crippen LogP contribution < -0.4 is 5.56 Å². The monoisotopic (exact) mass is 674 g/mol. The highest BCUT2D eigenvalue weighted by atomic mass is 19.4. The standard InChI is InChI=1S/C36H37F3N6O4/c1-42(2)22-31(47)49-28-13-16-35(17-14-28)20-25(35)9-12-30(46)32-33(29-15-18-41-44(29)26-10-7-23(21-40)8-11-26)43(3)45(34(32)48)27-6-4-5-24(19-27)36(37,38)39/h4-8,10-11,15,18-19,25,28H,9,12-14,16-17,20,22H2,1-3H3/t25-,28?,35?/m0/s1.